The number of hydrogen-bond donors (Lipinski definition) is 0. The minimum Gasteiger partial charge on any atom is -0.457 e. The Hall–Kier alpha value is -5.18. The molecule has 50 heavy (non-hydrogen) atoms. The van der Waals surface area contributed by atoms with Gasteiger partial charge in [-0.15, -0.1) is 0 Å². The number of amides is 1. The highest BCUT2D eigenvalue weighted by Gasteiger charge is 2.23. The first kappa shape index (κ1) is 33.3. The van der Waals surface area contributed by atoms with Crippen LogP contribution in [-0.4, -0.2) is 70.2 Å². The molecule has 0 saturated carbocycles. The molecule has 0 N–H and O–H groups in total. The second kappa shape index (κ2) is 15.6. The third-order valence-electron chi connectivity index (χ3n) is 9.78. The number of piperidine rings is 1. The van der Waals surface area contributed by atoms with Crippen LogP contribution in [0.25, 0.3) is 21.9 Å². The Kier molecular flexibility index (Phi) is 10.4. The summed E-state index contributed by atoms with van der Waals surface area (Å²) in [5, 5.41) is 2.28. The average Bonchev–Trinajstić information content (AvgIpc) is 3.78. The molecule has 1 aliphatic rings. The molecule has 0 bridgehead atoms. The first-order chi connectivity index (χ1) is 24.5. The molecule has 8 heteroatoms. The maximum absolute atomic E-state index is 13.8. The predicted octanol–water partition coefficient (Wildman–Crippen LogP) is 7.98. The summed E-state index contributed by atoms with van der Waals surface area (Å²) in [6, 6.07) is 33.0. The number of aromatic nitrogens is 3. The highest BCUT2D eigenvalue weighted by Crippen LogP contribution is 2.33. The molecular weight excluding hydrogens is 622 g/mol. The molecule has 1 aliphatic heterocycles. The van der Waals surface area contributed by atoms with Crippen molar-refractivity contribution in [3.05, 3.63) is 139 Å². The third kappa shape index (κ3) is 7.83. The van der Waals surface area contributed by atoms with Crippen LogP contribution in [0, 0.1) is 5.92 Å². The summed E-state index contributed by atoms with van der Waals surface area (Å²) in [6.07, 6.45) is 10.3. The Morgan fingerprint density at radius 1 is 0.840 bits per heavy atom. The van der Waals surface area contributed by atoms with Crippen molar-refractivity contribution < 1.29 is 14.3 Å². The number of imidazole rings is 1. The predicted molar refractivity (Wildman–Crippen MR) is 198 cm³/mol. The Bertz CT molecular complexity index is 2000. The molecule has 6 aromatic rings. The van der Waals surface area contributed by atoms with Crippen molar-refractivity contribution in [2.45, 2.75) is 32.5 Å². The number of nitrogens with zero attached hydrogens (tertiary/aromatic N) is 5. The van der Waals surface area contributed by atoms with Crippen LogP contribution >= 0.6 is 0 Å². The minimum absolute atomic E-state index is 0.0135. The first-order valence-electron chi connectivity index (χ1n) is 17.5. The molecule has 8 nitrogen and oxygen atoms in total. The summed E-state index contributed by atoms with van der Waals surface area (Å²) in [4.78, 5) is 22.6. The maximum atomic E-state index is 13.8. The van der Waals surface area contributed by atoms with Crippen LogP contribution in [-0.2, 0) is 24.4 Å². The van der Waals surface area contributed by atoms with Gasteiger partial charge in [0.2, 0.25) is 0 Å². The van der Waals surface area contributed by atoms with Crippen molar-refractivity contribution in [3.63, 3.8) is 0 Å². The molecule has 3 heterocycles. The summed E-state index contributed by atoms with van der Waals surface area (Å²) in [5.74, 6) is 2.28. The van der Waals surface area contributed by atoms with Gasteiger partial charge in [-0.05, 0) is 78.0 Å². The number of likely N-dealkylation sites (N-methyl/N-ethyl adjacent to an activating group) is 1. The quantitative estimate of drug-likeness (QED) is 0.125. The van der Waals surface area contributed by atoms with Crippen LogP contribution < -0.4 is 4.74 Å². The number of carbonyl (C=O) groups excluding carboxylic acids is 1. The molecule has 2 aromatic heterocycles. The fourth-order valence-corrected chi connectivity index (χ4v) is 6.96. The Labute approximate surface area is 294 Å². The lowest BCUT2D eigenvalue weighted by atomic mass is 9.96. The summed E-state index contributed by atoms with van der Waals surface area (Å²) >= 11 is 0. The molecule has 256 valence electrons. The Balaban J connectivity index is 1.00. The molecule has 0 unspecified atom stereocenters. The Morgan fingerprint density at radius 3 is 2.38 bits per heavy atom. The van der Waals surface area contributed by atoms with E-state index in [0.717, 1.165) is 78.1 Å². The smallest absolute Gasteiger partial charge is 0.255 e. The molecule has 1 saturated heterocycles. The van der Waals surface area contributed by atoms with Gasteiger partial charge < -0.3 is 23.5 Å². The van der Waals surface area contributed by atoms with E-state index in [4.69, 9.17) is 9.47 Å². The molecular formula is C42H45N5O3. The van der Waals surface area contributed by atoms with Gasteiger partial charge in [0.1, 0.15) is 11.5 Å². The van der Waals surface area contributed by atoms with Gasteiger partial charge in [0.05, 0.1) is 30.7 Å². The number of para-hydroxylation sites is 1. The zero-order valence-electron chi connectivity index (χ0n) is 28.9. The van der Waals surface area contributed by atoms with E-state index in [1.807, 2.05) is 56.1 Å². The van der Waals surface area contributed by atoms with Gasteiger partial charge in [-0.2, -0.15) is 0 Å². The van der Waals surface area contributed by atoms with Crippen LogP contribution in [0.1, 0.15) is 34.5 Å². The molecule has 7 rings (SSSR count). The van der Waals surface area contributed by atoms with Crippen molar-refractivity contribution in [1.29, 1.82) is 0 Å². The number of ether oxygens (including phenoxy) is 2. The van der Waals surface area contributed by atoms with Gasteiger partial charge in [-0.25, -0.2) is 4.98 Å². The van der Waals surface area contributed by atoms with E-state index >= 15 is 0 Å². The van der Waals surface area contributed by atoms with Gasteiger partial charge in [0, 0.05) is 57.9 Å². The molecule has 1 fully saturated rings. The monoisotopic (exact) mass is 667 g/mol. The first-order valence-corrected chi connectivity index (χ1v) is 17.5. The van der Waals surface area contributed by atoms with E-state index in [2.05, 4.69) is 91.9 Å². The second-order valence-electron chi connectivity index (χ2n) is 13.3. The second-order valence-corrected chi connectivity index (χ2v) is 13.3. The van der Waals surface area contributed by atoms with Crippen molar-refractivity contribution >= 4 is 16.7 Å². The van der Waals surface area contributed by atoms with Gasteiger partial charge in [0.25, 0.3) is 5.91 Å². The van der Waals surface area contributed by atoms with Crippen LogP contribution in [0.5, 0.6) is 11.5 Å². The topological polar surface area (TPSA) is 64.8 Å². The van der Waals surface area contributed by atoms with Gasteiger partial charge in [0.15, 0.2) is 0 Å². The van der Waals surface area contributed by atoms with E-state index in [-0.39, 0.29) is 5.91 Å². The fraction of sp³-hybridized carbons (Fsp3) is 0.286. The lowest BCUT2D eigenvalue weighted by Gasteiger charge is -2.32. The van der Waals surface area contributed by atoms with E-state index in [1.165, 1.54) is 5.56 Å². The largest absolute Gasteiger partial charge is 0.457 e. The van der Waals surface area contributed by atoms with Crippen molar-refractivity contribution in [3.8, 4) is 22.6 Å². The normalized spacial score (nSPS) is 13.9. The van der Waals surface area contributed by atoms with Crippen LogP contribution in [0.3, 0.4) is 0 Å². The number of likely N-dealkylation sites (tertiary alicyclic amines) is 1. The molecule has 1 amide bonds. The molecule has 4 aromatic carbocycles. The van der Waals surface area contributed by atoms with Crippen LogP contribution in [0.15, 0.2) is 122 Å². The maximum Gasteiger partial charge on any atom is 0.255 e. The number of rotatable bonds is 13. The molecule has 0 spiro atoms. The van der Waals surface area contributed by atoms with E-state index < -0.39 is 0 Å². The van der Waals surface area contributed by atoms with Crippen molar-refractivity contribution in [2.24, 2.45) is 5.92 Å². The number of hydrogen-bond acceptors (Lipinski definition) is 5. The van der Waals surface area contributed by atoms with Gasteiger partial charge >= 0.3 is 0 Å². The van der Waals surface area contributed by atoms with E-state index in [1.54, 1.807) is 12.0 Å². The lowest BCUT2D eigenvalue weighted by molar-refractivity contribution is 0.0745. The van der Waals surface area contributed by atoms with Gasteiger partial charge in [-0.3, -0.25) is 9.69 Å². The standard InChI is InChI=1S/C42H45N5O3/c1-44(23-24-49-2)42(48)41-30-46(29-40(41)39-14-8-10-34-9-6-7-13-38(34)39)28-35-25-43-31-47(35)27-33-19-21-45(22-20-33)26-32-15-17-37(18-16-32)50-36-11-4-3-5-12-36/h3-18,25,29-31,33H,19-24,26-28H2,1-2H3. The number of carbonyl (C=O) groups is 1. The summed E-state index contributed by atoms with van der Waals surface area (Å²) in [5.41, 5.74) is 5.13. The van der Waals surface area contributed by atoms with E-state index in [9.17, 15) is 4.79 Å². The van der Waals surface area contributed by atoms with Crippen molar-refractivity contribution in [1.82, 2.24) is 23.9 Å². The summed E-state index contributed by atoms with van der Waals surface area (Å²) < 4.78 is 15.7. The molecule has 0 aliphatic carbocycles. The highest BCUT2D eigenvalue weighted by molar-refractivity contribution is 6.06. The summed E-state index contributed by atoms with van der Waals surface area (Å²) in [6.45, 7) is 5.69. The highest BCUT2D eigenvalue weighted by atomic mass is 16.5. The Morgan fingerprint density at radius 2 is 1.58 bits per heavy atom. The number of fused-ring (bicyclic) bond motifs is 1. The van der Waals surface area contributed by atoms with Crippen LogP contribution in [0.2, 0.25) is 0 Å². The number of benzene rings is 4. The van der Waals surface area contributed by atoms with Crippen molar-refractivity contribution in [2.75, 3.05) is 40.4 Å². The van der Waals surface area contributed by atoms with Gasteiger partial charge in [-0.1, -0.05) is 72.8 Å². The van der Waals surface area contributed by atoms with E-state index in [0.29, 0.717) is 31.2 Å². The zero-order valence-corrected chi connectivity index (χ0v) is 28.9. The fourth-order valence-electron chi connectivity index (χ4n) is 6.96. The zero-order chi connectivity index (χ0) is 34.3. The van der Waals surface area contributed by atoms with Crippen LogP contribution in [0.4, 0.5) is 0 Å². The minimum atomic E-state index is -0.0135. The SMILES string of the molecule is COCCN(C)C(=O)c1cn(Cc2cncn2CC2CCN(Cc3ccc(Oc4ccccc4)cc3)CC2)cc1-c1cccc2ccccc12. The lowest BCUT2D eigenvalue weighted by Crippen LogP contribution is -2.34. The summed E-state index contributed by atoms with van der Waals surface area (Å²) in [7, 11) is 3.50. The molecule has 0 atom stereocenters. The molecule has 0 radical (unpaired) electrons. The average molecular weight is 668 g/mol. The number of methoxy groups -OCH3 is 1. The third-order valence-corrected chi connectivity index (χ3v) is 9.78.